The topological polar surface area (TPSA) is 18.5 Å². The number of hydrogen-bond donors (Lipinski definition) is 0. The molecule has 2 heteroatoms. The summed E-state index contributed by atoms with van der Waals surface area (Å²) in [4.78, 5) is 0. The summed E-state index contributed by atoms with van der Waals surface area (Å²) in [6.07, 6.45) is 6.06. The summed E-state index contributed by atoms with van der Waals surface area (Å²) in [6.45, 7) is 10.4. The quantitative estimate of drug-likeness (QED) is 0.674. The largest absolute Gasteiger partial charge is 0.384 e. The van der Waals surface area contributed by atoms with E-state index in [1.807, 2.05) is 0 Å². The number of allylic oxidation sites excluding steroid dienone is 4. The molecule has 0 bridgehead atoms. The molecular formula is C17H30O2. The first kappa shape index (κ1) is 16.5. The lowest BCUT2D eigenvalue weighted by molar-refractivity contribution is 0.0681. The lowest BCUT2D eigenvalue weighted by atomic mass is 9.87. The fourth-order valence-corrected chi connectivity index (χ4v) is 3.42. The summed E-state index contributed by atoms with van der Waals surface area (Å²) in [5.74, 6) is 2.37. The van der Waals surface area contributed by atoms with Crippen LogP contribution in [-0.4, -0.2) is 27.4 Å². The highest BCUT2D eigenvalue weighted by Gasteiger charge is 2.40. The maximum Gasteiger partial charge on any atom is 0.0499 e. The highest BCUT2D eigenvalue weighted by Crippen LogP contribution is 2.44. The molecule has 1 fully saturated rings. The Bertz CT molecular complexity index is 290. The summed E-state index contributed by atoms with van der Waals surface area (Å²) in [7, 11) is 3.61. The second kappa shape index (κ2) is 7.86. The first-order valence-electron chi connectivity index (χ1n) is 7.27. The molecule has 0 heterocycles. The lowest BCUT2D eigenvalue weighted by Crippen LogP contribution is -2.25. The molecule has 0 amide bonds. The van der Waals surface area contributed by atoms with Gasteiger partial charge in [0.15, 0.2) is 0 Å². The number of hydrogen-bond acceptors (Lipinski definition) is 2. The molecule has 0 saturated heterocycles. The third-order valence-corrected chi connectivity index (χ3v) is 4.01. The molecule has 19 heavy (non-hydrogen) atoms. The average molecular weight is 266 g/mol. The fourth-order valence-electron chi connectivity index (χ4n) is 3.42. The molecule has 110 valence electrons. The normalized spacial score (nSPS) is 30.2. The van der Waals surface area contributed by atoms with Gasteiger partial charge in [0.25, 0.3) is 0 Å². The van der Waals surface area contributed by atoms with Crippen molar-refractivity contribution in [3.63, 3.8) is 0 Å². The van der Waals surface area contributed by atoms with E-state index in [-0.39, 0.29) is 0 Å². The van der Waals surface area contributed by atoms with Gasteiger partial charge in [-0.25, -0.2) is 0 Å². The SMILES string of the molecule is COCC1C(C=C(C)C)CC(C=C(C)C)C1COC. The first-order chi connectivity index (χ1) is 8.99. The van der Waals surface area contributed by atoms with E-state index < -0.39 is 0 Å². The molecule has 0 aliphatic heterocycles. The van der Waals surface area contributed by atoms with Gasteiger partial charge in [0, 0.05) is 27.4 Å². The van der Waals surface area contributed by atoms with E-state index in [1.54, 1.807) is 14.2 Å². The zero-order valence-corrected chi connectivity index (χ0v) is 13.4. The van der Waals surface area contributed by atoms with E-state index in [0.29, 0.717) is 23.7 Å². The minimum atomic E-state index is 0.570. The summed E-state index contributed by atoms with van der Waals surface area (Å²) in [6, 6.07) is 0. The molecule has 2 nitrogen and oxygen atoms in total. The van der Waals surface area contributed by atoms with Crippen molar-refractivity contribution in [2.45, 2.75) is 34.1 Å². The van der Waals surface area contributed by atoms with Crippen LogP contribution in [0, 0.1) is 23.7 Å². The number of rotatable bonds is 6. The van der Waals surface area contributed by atoms with E-state index in [4.69, 9.17) is 9.47 Å². The Kier molecular flexibility index (Phi) is 6.81. The highest BCUT2D eigenvalue weighted by molar-refractivity contribution is 5.10. The van der Waals surface area contributed by atoms with Crippen molar-refractivity contribution < 1.29 is 9.47 Å². The molecule has 0 radical (unpaired) electrons. The molecule has 0 aromatic rings. The van der Waals surface area contributed by atoms with Crippen LogP contribution in [0.4, 0.5) is 0 Å². The third-order valence-electron chi connectivity index (χ3n) is 4.01. The molecule has 0 aromatic heterocycles. The molecule has 1 rings (SSSR count). The second-order valence-electron chi connectivity index (χ2n) is 6.29. The Morgan fingerprint density at radius 2 is 1.21 bits per heavy atom. The van der Waals surface area contributed by atoms with Crippen LogP contribution in [-0.2, 0) is 9.47 Å². The summed E-state index contributed by atoms with van der Waals surface area (Å²) in [5.41, 5.74) is 2.81. The molecule has 0 spiro atoms. The Balaban J connectivity index is 2.95. The zero-order valence-electron chi connectivity index (χ0n) is 13.4. The Labute approximate surface area is 118 Å². The monoisotopic (exact) mass is 266 g/mol. The smallest absolute Gasteiger partial charge is 0.0499 e. The summed E-state index contributed by atoms with van der Waals surface area (Å²) < 4.78 is 10.9. The van der Waals surface area contributed by atoms with Crippen molar-refractivity contribution in [1.82, 2.24) is 0 Å². The predicted octanol–water partition coefficient (Wildman–Crippen LogP) is 4.08. The molecule has 0 aromatic carbocycles. The van der Waals surface area contributed by atoms with Gasteiger partial charge in [-0.2, -0.15) is 0 Å². The van der Waals surface area contributed by atoms with Gasteiger partial charge in [-0.15, -0.1) is 0 Å². The Morgan fingerprint density at radius 1 is 0.842 bits per heavy atom. The Morgan fingerprint density at radius 3 is 1.47 bits per heavy atom. The van der Waals surface area contributed by atoms with Gasteiger partial charge in [-0.05, 0) is 57.8 Å². The van der Waals surface area contributed by atoms with Crippen LogP contribution in [0.5, 0.6) is 0 Å². The van der Waals surface area contributed by atoms with Gasteiger partial charge >= 0.3 is 0 Å². The van der Waals surface area contributed by atoms with Gasteiger partial charge in [0.05, 0.1) is 0 Å². The first-order valence-corrected chi connectivity index (χ1v) is 7.27. The minimum Gasteiger partial charge on any atom is -0.384 e. The zero-order chi connectivity index (χ0) is 14.4. The lowest BCUT2D eigenvalue weighted by Gasteiger charge is -2.24. The van der Waals surface area contributed by atoms with Crippen molar-refractivity contribution >= 4 is 0 Å². The van der Waals surface area contributed by atoms with Crippen LogP contribution in [0.15, 0.2) is 23.3 Å². The maximum atomic E-state index is 5.46. The van der Waals surface area contributed by atoms with Gasteiger partial charge in [0.2, 0.25) is 0 Å². The van der Waals surface area contributed by atoms with E-state index in [2.05, 4.69) is 39.8 Å². The number of methoxy groups -OCH3 is 2. The predicted molar refractivity (Wildman–Crippen MR) is 81.2 cm³/mol. The number of ether oxygens (including phenoxy) is 2. The van der Waals surface area contributed by atoms with Crippen LogP contribution in [0.2, 0.25) is 0 Å². The van der Waals surface area contributed by atoms with Gasteiger partial charge in [0.1, 0.15) is 0 Å². The van der Waals surface area contributed by atoms with Gasteiger partial charge in [-0.1, -0.05) is 23.3 Å². The van der Waals surface area contributed by atoms with Gasteiger partial charge < -0.3 is 9.47 Å². The minimum absolute atomic E-state index is 0.570. The van der Waals surface area contributed by atoms with Crippen molar-refractivity contribution in [1.29, 1.82) is 0 Å². The molecule has 4 unspecified atom stereocenters. The second-order valence-corrected chi connectivity index (χ2v) is 6.29. The van der Waals surface area contributed by atoms with Crippen LogP contribution in [0.25, 0.3) is 0 Å². The molecule has 0 N–H and O–H groups in total. The van der Waals surface area contributed by atoms with Crippen LogP contribution in [0.1, 0.15) is 34.1 Å². The van der Waals surface area contributed by atoms with E-state index >= 15 is 0 Å². The Hall–Kier alpha value is -0.600. The van der Waals surface area contributed by atoms with Crippen LogP contribution in [0.3, 0.4) is 0 Å². The van der Waals surface area contributed by atoms with E-state index in [1.165, 1.54) is 17.6 Å². The van der Waals surface area contributed by atoms with Crippen LogP contribution >= 0.6 is 0 Å². The van der Waals surface area contributed by atoms with E-state index in [0.717, 1.165) is 13.2 Å². The van der Waals surface area contributed by atoms with E-state index in [9.17, 15) is 0 Å². The van der Waals surface area contributed by atoms with Gasteiger partial charge in [-0.3, -0.25) is 0 Å². The maximum absolute atomic E-state index is 5.46. The molecule has 1 saturated carbocycles. The highest BCUT2D eigenvalue weighted by atomic mass is 16.5. The molecule has 1 aliphatic carbocycles. The third kappa shape index (κ3) is 4.77. The average Bonchev–Trinajstić information content (AvgIpc) is 2.57. The van der Waals surface area contributed by atoms with Crippen molar-refractivity contribution in [2.75, 3.05) is 27.4 Å². The van der Waals surface area contributed by atoms with Crippen molar-refractivity contribution in [3.05, 3.63) is 23.3 Å². The van der Waals surface area contributed by atoms with Crippen molar-refractivity contribution in [3.8, 4) is 0 Å². The van der Waals surface area contributed by atoms with Crippen molar-refractivity contribution in [2.24, 2.45) is 23.7 Å². The van der Waals surface area contributed by atoms with Crippen LogP contribution < -0.4 is 0 Å². The fraction of sp³-hybridized carbons (Fsp3) is 0.765. The standard InChI is InChI=1S/C17H30O2/c1-12(2)7-14-9-15(8-13(3)4)17(11-19-6)16(14)10-18-5/h7-8,14-17H,9-11H2,1-6H3. The molecule has 4 atom stereocenters. The summed E-state index contributed by atoms with van der Waals surface area (Å²) >= 11 is 0. The molecule has 1 aliphatic rings. The summed E-state index contributed by atoms with van der Waals surface area (Å²) in [5, 5.41) is 0. The molecular weight excluding hydrogens is 236 g/mol.